The lowest BCUT2D eigenvalue weighted by Gasteiger charge is -1.99. The molecule has 0 saturated heterocycles. The Kier molecular flexibility index (Phi) is 3.38. The standard InChI is InChI=1S/C12H13N5O/c1-18-9-5-2-8(3-6-9)4-7-10-15-11(13)17-12(14)16-10/h2-7H,1H3,(H4,13,14,15,16,17)/b7-4+. The molecule has 0 atom stereocenters. The molecule has 6 nitrogen and oxygen atoms in total. The van der Waals surface area contributed by atoms with Gasteiger partial charge in [-0.1, -0.05) is 18.2 Å². The molecule has 92 valence electrons. The van der Waals surface area contributed by atoms with Gasteiger partial charge < -0.3 is 16.2 Å². The Hall–Kier alpha value is -2.63. The maximum atomic E-state index is 5.47. The number of nitrogen functional groups attached to an aromatic ring is 2. The van der Waals surface area contributed by atoms with Crippen molar-refractivity contribution >= 4 is 24.0 Å². The summed E-state index contributed by atoms with van der Waals surface area (Å²) in [6.07, 6.45) is 3.57. The van der Waals surface area contributed by atoms with Gasteiger partial charge in [0.15, 0.2) is 5.82 Å². The molecule has 2 rings (SSSR count). The van der Waals surface area contributed by atoms with Crippen LogP contribution in [0.5, 0.6) is 5.75 Å². The highest BCUT2D eigenvalue weighted by atomic mass is 16.5. The molecule has 18 heavy (non-hydrogen) atoms. The fourth-order valence-electron chi connectivity index (χ4n) is 1.39. The number of nitrogens with zero attached hydrogens (tertiary/aromatic N) is 3. The van der Waals surface area contributed by atoms with Gasteiger partial charge in [-0.05, 0) is 23.8 Å². The average molecular weight is 243 g/mol. The smallest absolute Gasteiger partial charge is 0.225 e. The van der Waals surface area contributed by atoms with Gasteiger partial charge in [-0.25, -0.2) is 0 Å². The molecule has 0 aliphatic carbocycles. The van der Waals surface area contributed by atoms with Gasteiger partial charge in [0.1, 0.15) is 5.75 Å². The topological polar surface area (TPSA) is 99.9 Å². The van der Waals surface area contributed by atoms with E-state index in [-0.39, 0.29) is 11.9 Å². The maximum absolute atomic E-state index is 5.47. The van der Waals surface area contributed by atoms with Crippen LogP contribution in [0.15, 0.2) is 24.3 Å². The lowest BCUT2D eigenvalue weighted by atomic mass is 10.2. The zero-order valence-corrected chi connectivity index (χ0v) is 9.87. The Morgan fingerprint density at radius 2 is 1.56 bits per heavy atom. The summed E-state index contributed by atoms with van der Waals surface area (Å²) in [6.45, 7) is 0. The molecule has 1 aromatic heterocycles. The van der Waals surface area contributed by atoms with Crippen molar-refractivity contribution in [1.29, 1.82) is 0 Å². The van der Waals surface area contributed by atoms with Crippen LogP contribution in [0.1, 0.15) is 11.4 Å². The van der Waals surface area contributed by atoms with Crippen LogP contribution in [0, 0.1) is 0 Å². The fraction of sp³-hybridized carbons (Fsp3) is 0.0833. The van der Waals surface area contributed by atoms with Gasteiger partial charge >= 0.3 is 0 Å². The van der Waals surface area contributed by atoms with Crippen molar-refractivity contribution in [3.05, 3.63) is 35.7 Å². The molecule has 6 heteroatoms. The van der Waals surface area contributed by atoms with E-state index in [9.17, 15) is 0 Å². The number of nitrogens with two attached hydrogens (primary N) is 2. The van der Waals surface area contributed by atoms with E-state index < -0.39 is 0 Å². The number of aromatic nitrogens is 3. The number of hydrogen-bond donors (Lipinski definition) is 2. The van der Waals surface area contributed by atoms with Gasteiger partial charge in [0.05, 0.1) is 7.11 Å². The molecule has 2 aromatic rings. The van der Waals surface area contributed by atoms with Crippen molar-refractivity contribution < 1.29 is 4.74 Å². The van der Waals surface area contributed by atoms with Crippen molar-refractivity contribution in [3.63, 3.8) is 0 Å². The summed E-state index contributed by atoms with van der Waals surface area (Å²) in [4.78, 5) is 11.6. The van der Waals surface area contributed by atoms with Gasteiger partial charge in [0.25, 0.3) is 0 Å². The van der Waals surface area contributed by atoms with Crippen molar-refractivity contribution in [2.45, 2.75) is 0 Å². The Bertz CT molecular complexity index is 545. The Morgan fingerprint density at radius 3 is 2.11 bits per heavy atom. The summed E-state index contributed by atoms with van der Waals surface area (Å²) in [7, 11) is 1.63. The summed E-state index contributed by atoms with van der Waals surface area (Å²) in [6, 6.07) is 7.58. The number of rotatable bonds is 3. The van der Waals surface area contributed by atoms with Gasteiger partial charge in [-0.2, -0.15) is 15.0 Å². The minimum Gasteiger partial charge on any atom is -0.497 e. The predicted octanol–water partition coefficient (Wildman–Crippen LogP) is 1.22. The van der Waals surface area contributed by atoms with Crippen molar-refractivity contribution in [2.75, 3.05) is 18.6 Å². The molecule has 1 heterocycles. The van der Waals surface area contributed by atoms with E-state index >= 15 is 0 Å². The molecule has 1 aromatic carbocycles. The van der Waals surface area contributed by atoms with Crippen LogP contribution in [0.25, 0.3) is 12.2 Å². The highest BCUT2D eigenvalue weighted by Gasteiger charge is 1.97. The molecule has 0 unspecified atom stereocenters. The Balaban J connectivity index is 2.18. The third-order valence-corrected chi connectivity index (χ3v) is 2.23. The number of benzene rings is 1. The zero-order valence-electron chi connectivity index (χ0n) is 9.87. The van der Waals surface area contributed by atoms with Crippen LogP contribution in [0.2, 0.25) is 0 Å². The average Bonchev–Trinajstić information content (AvgIpc) is 2.36. The number of ether oxygens (including phenoxy) is 1. The Labute approximate surface area is 104 Å². The summed E-state index contributed by atoms with van der Waals surface area (Å²) in [5.74, 6) is 1.45. The predicted molar refractivity (Wildman–Crippen MR) is 70.6 cm³/mol. The van der Waals surface area contributed by atoms with Gasteiger partial charge in [-0.15, -0.1) is 0 Å². The first-order chi connectivity index (χ1) is 8.67. The summed E-state index contributed by atoms with van der Waals surface area (Å²) < 4.78 is 5.07. The van der Waals surface area contributed by atoms with E-state index in [1.54, 1.807) is 13.2 Å². The van der Waals surface area contributed by atoms with Crippen LogP contribution in [-0.2, 0) is 0 Å². The van der Waals surface area contributed by atoms with Crippen LogP contribution in [-0.4, -0.2) is 22.1 Å². The molecule has 0 aliphatic rings. The SMILES string of the molecule is COc1ccc(/C=C/c2nc(N)nc(N)n2)cc1. The van der Waals surface area contributed by atoms with Crippen molar-refractivity contribution in [3.8, 4) is 5.75 Å². The minimum atomic E-state index is 0.108. The van der Waals surface area contributed by atoms with Gasteiger partial charge in [0.2, 0.25) is 11.9 Å². The number of hydrogen-bond acceptors (Lipinski definition) is 6. The molecule has 4 N–H and O–H groups in total. The second-order valence-corrected chi connectivity index (χ2v) is 3.52. The largest absolute Gasteiger partial charge is 0.497 e. The first kappa shape index (κ1) is 11.8. The maximum Gasteiger partial charge on any atom is 0.225 e. The second-order valence-electron chi connectivity index (χ2n) is 3.52. The lowest BCUT2D eigenvalue weighted by Crippen LogP contribution is -2.03. The van der Waals surface area contributed by atoms with Crippen LogP contribution in [0.4, 0.5) is 11.9 Å². The van der Waals surface area contributed by atoms with Crippen LogP contribution in [0.3, 0.4) is 0 Å². The fourth-order valence-corrected chi connectivity index (χ4v) is 1.39. The highest BCUT2D eigenvalue weighted by Crippen LogP contribution is 2.13. The minimum absolute atomic E-state index is 0.108. The van der Waals surface area contributed by atoms with Crippen LogP contribution >= 0.6 is 0 Å². The quantitative estimate of drug-likeness (QED) is 0.840. The molecule has 0 fully saturated rings. The Morgan fingerprint density at radius 1 is 0.944 bits per heavy atom. The number of anilines is 2. The monoisotopic (exact) mass is 243 g/mol. The van der Waals surface area contributed by atoms with Crippen LogP contribution < -0.4 is 16.2 Å². The van der Waals surface area contributed by atoms with Gasteiger partial charge in [-0.3, -0.25) is 0 Å². The van der Waals surface area contributed by atoms with E-state index in [1.165, 1.54) is 0 Å². The third kappa shape index (κ3) is 2.94. The van der Waals surface area contributed by atoms with Gasteiger partial charge in [0, 0.05) is 0 Å². The molecular formula is C12H13N5O. The highest BCUT2D eigenvalue weighted by molar-refractivity contribution is 5.67. The first-order valence-corrected chi connectivity index (χ1v) is 5.26. The molecule has 0 amide bonds. The number of methoxy groups -OCH3 is 1. The van der Waals surface area contributed by atoms with Crippen molar-refractivity contribution in [1.82, 2.24) is 15.0 Å². The summed E-state index contributed by atoms with van der Waals surface area (Å²) in [5, 5.41) is 0. The second kappa shape index (κ2) is 5.13. The summed E-state index contributed by atoms with van der Waals surface area (Å²) in [5.41, 5.74) is 11.9. The molecule has 0 saturated carbocycles. The van der Waals surface area contributed by atoms with E-state index in [0.717, 1.165) is 11.3 Å². The van der Waals surface area contributed by atoms with Crippen molar-refractivity contribution in [2.24, 2.45) is 0 Å². The lowest BCUT2D eigenvalue weighted by molar-refractivity contribution is 0.415. The molecule has 0 bridgehead atoms. The van der Waals surface area contributed by atoms with E-state index in [0.29, 0.717) is 5.82 Å². The van der Waals surface area contributed by atoms with E-state index in [4.69, 9.17) is 16.2 Å². The third-order valence-electron chi connectivity index (χ3n) is 2.23. The van der Waals surface area contributed by atoms with E-state index in [2.05, 4.69) is 15.0 Å². The van der Waals surface area contributed by atoms with E-state index in [1.807, 2.05) is 30.3 Å². The normalized spacial score (nSPS) is 10.7. The zero-order chi connectivity index (χ0) is 13.0. The molecule has 0 radical (unpaired) electrons. The summed E-state index contributed by atoms with van der Waals surface area (Å²) >= 11 is 0. The first-order valence-electron chi connectivity index (χ1n) is 5.26. The molecule has 0 spiro atoms. The molecule has 0 aliphatic heterocycles. The molecular weight excluding hydrogens is 230 g/mol.